The van der Waals surface area contributed by atoms with Crippen LogP contribution in [0.25, 0.3) is 5.69 Å². The summed E-state index contributed by atoms with van der Waals surface area (Å²) < 4.78 is 10.7. The Morgan fingerprint density at radius 3 is 2.73 bits per heavy atom. The van der Waals surface area contributed by atoms with E-state index in [1.54, 1.807) is 33.2 Å². The van der Waals surface area contributed by atoms with Crippen LogP contribution in [0.15, 0.2) is 36.7 Å². The van der Waals surface area contributed by atoms with Crippen molar-refractivity contribution < 1.29 is 19.1 Å². The maximum atomic E-state index is 12.5. The van der Waals surface area contributed by atoms with Crippen LogP contribution in [0.2, 0.25) is 0 Å². The van der Waals surface area contributed by atoms with Gasteiger partial charge in [-0.25, -0.2) is 9.69 Å². The van der Waals surface area contributed by atoms with E-state index in [4.69, 9.17) is 9.47 Å². The first-order valence-corrected chi connectivity index (χ1v) is 8.42. The van der Waals surface area contributed by atoms with Crippen molar-refractivity contribution in [2.24, 2.45) is 0 Å². The molecule has 2 aromatic rings. The fourth-order valence-corrected chi connectivity index (χ4v) is 2.77. The standard InChI is InChI=1S/C18H22N4O4/c1-18(2,3)26-17(24)21-15(11-25-12-16(21)23)10-13-5-4-6-14(9-13)22-19-7-8-20-22/h4-9,15H,10-12H2,1-3H3/t15-/m1/s1. The lowest BCUT2D eigenvalue weighted by atomic mass is 10.0. The van der Waals surface area contributed by atoms with Crippen LogP contribution in [-0.2, 0) is 20.7 Å². The number of amides is 2. The number of carbonyl (C=O) groups excluding carboxylic acids is 2. The third-order valence-corrected chi connectivity index (χ3v) is 3.79. The molecule has 1 aromatic carbocycles. The van der Waals surface area contributed by atoms with Crippen molar-refractivity contribution in [2.45, 2.75) is 38.8 Å². The summed E-state index contributed by atoms with van der Waals surface area (Å²) in [7, 11) is 0. The highest BCUT2D eigenvalue weighted by atomic mass is 16.6. The lowest BCUT2D eigenvalue weighted by molar-refractivity contribution is -0.146. The summed E-state index contributed by atoms with van der Waals surface area (Å²) in [5.74, 6) is -0.389. The van der Waals surface area contributed by atoms with Gasteiger partial charge >= 0.3 is 6.09 Å². The summed E-state index contributed by atoms with van der Waals surface area (Å²) in [5.41, 5.74) is 1.07. The number of rotatable bonds is 3. The van der Waals surface area contributed by atoms with Crippen LogP contribution < -0.4 is 0 Å². The van der Waals surface area contributed by atoms with Gasteiger partial charge in [-0.15, -0.1) is 0 Å². The molecule has 1 aliphatic heterocycles. The molecule has 26 heavy (non-hydrogen) atoms. The zero-order valence-electron chi connectivity index (χ0n) is 15.1. The molecule has 1 aliphatic rings. The van der Waals surface area contributed by atoms with Crippen molar-refractivity contribution in [3.8, 4) is 5.69 Å². The summed E-state index contributed by atoms with van der Waals surface area (Å²) in [6, 6.07) is 7.20. The normalized spacial score (nSPS) is 18.0. The number of nitrogens with zero attached hydrogens (tertiary/aromatic N) is 4. The summed E-state index contributed by atoms with van der Waals surface area (Å²) in [4.78, 5) is 27.4. The molecule has 1 aromatic heterocycles. The Labute approximate surface area is 151 Å². The van der Waals surface area contributed by atoms with Crippen LogP contribution in [0.1, 0.15) is 26.3 Å². The third kappa shape index (κ3) is 4.26. The van der Waals surface area contributed by atoms with Crippen LogP contribution in [0.5, 0.6) is 0 Å². The Balaban J connectivity index is 1.79. The Morgan fingerprint density at radius 1 is 1.31 bits per heavy atom. The predicted molar refractivity (Wildman–Crippen MR) is 92.8 cm³/mol. The van der Waals surface area contributed by atoms with Crippen LogP contribution >= 0.6 is 0 Å². The van der Waals surface area contributed by atoms with Crippen molar-refractivity contribution in [2.75, 3.05) is 13.2 Å². The van der Waals surface area contributed by atoms with Gasteiger partial charge in [-0.3, -0.25) is 4.79 Å². The van der Waals surface area contributed by atoms with E-state index in [0.717, 1.165) is 11.3 Å². The maximum absolute atomic E-state index is 12.5. The minimum Gasteiger partial charge on any atom is -0.443 e. The van der Waals surface area contributed by atoms with Gasteiger partial charge in [-0.1, -0.05) is 12.1 Å². The van der Waals surface area contributed by atoms with Gasteiger partial charge in [-0.05, 0) is 44.9 Å². The number of carbonyl (C=O) groups is 2. The minimum absolute atomic E-state index is 0.118. The van der Waals surface area contributed by atoms with Gasteiger partial charge in [0.2, 0.25) is 0 Å². The predicted octanol–water partition coefficient (Wildman–Crippen LogP) is 1.97. The molecular formula is C18H22N4O4. The van der Waals surface area contributed by atoms with Gasteiger partial charge in [0, 0.05) is 0 Å². The van der Waals surface area contributed by atoms with Crippen LogP contribution in [0.3, 0.4) is 0 Å². The Hall–Kier alpha value is -2.74. The molecular weight excluding hydrogens is 336 g/mol. The highest BCUT2D eigenvalue weighted by molar-refractivity contribution is 5.93. The van der Waals surface area contributed by atoms with Crippen molar-refractivity contribution in [3.05, 3.63) is 42.2 Å². The second-order valence-electron chi connectivity index (χ2n) is 7.11. The monoisotopic (exact) mass is 358 g/mol. The smallest absolute Gasteiger partial charge is 0.417 e. The number of morpholine rings is 1. The van der Waals surface area contributed by atoms with E-state index in [1.807, 2.05) is 24.3 Å². The largest absolute Gasteiger partial charge is 0.443 e. The molecule has 8 nitrogen and oxygen atoms in total. The summed E-state index contributed by atoms with van der Waals surface area (Å²) in [5, 5.41) is 8.22. The van der Waals surface area contributed by atoms with E-state index in [0.29, 0.717) is 6.42 Å². The summed E-state index contributed by atoms with van der Waals surface area (Å²) >= 11 is 0. The molecule has 0 spiro atoms. The molecule has 0 saturated carbocycles. The number of imide groups is 1. The number of benzene rings is 1. The van der Waals surface area contributed by atoms with E-state index < -0.39 is 17.7 Å². The van der Waals surface area contributed by atoms with Gasteiger partial charge in [0.25, 0.3) is 5.91 Å². The number of hydrogen-bond donors (Lipinski definition) is 0. The SMILES string of the molecule is CC(C)(C)OC(=O)N1C(=O)COC[C@H]1Cc1cccc(-n2nccn2)c1. The number of aromatic nitrogens is 3. The van der Waals surface area contributed by atoms with Gasteiger partial charge in [0.1, 0.15) is 12.2 Å². The zero-order valence-corrected chi connectivity index (χ0v) is 15.1. The topological polar surface area (TPSA) is 86.5 Å². The molecule has 0 N–H and O–H groups in total. The molecule has 3 rings (SSSR count). The first-order chi connectivity index (χ1) is 12.3. The Morgan fingerprint density at radius 2 is 2.04 bits per heavy atom. The van der Waals surface area contributed by atoms with Crippen LogP contribution in [0, 0.1) is 0 Å². The molecule has 0 aliphatic carbocycles. The molecule has 8 heteroatoms. The van der Waals surface area contributed by atoms with E-state index >= 15 is 0 Å². The molecule has 1 fully saturated rings. The molecule has 2 amide bonds. The average molecular weight is 358 g/mol. The second kappa shape index (κ2) is 7.25. The average Bonchev–Trinajstić information content (AvgIpc) is 3.08. The molecule has 2 heterocycles. The fraction of sp³-hybridized carbons (Fsp3) is 0.444. The van der Waals surface area contributed by atoms with E-state index in [1.165, 1.54) is 9.70 Å². The molecule has 138 valence electrons. The van der Waals surface area contributed by atoms with Crippen molar-refractivity contribution in [3.63, 3.8) is 0 Å². The van der Waals surface area contributed by atoms with Gasteiger partial charge < -0.3 is 9.47 Å². The Kier molecular flexibility index (Phi) is 5.03. The van der Waals surface area contributed by atoms with E-state index in [9.17, 15) is 9.59 Å². The van der Waals surface area contributed by atoms with Gasteiger partial charge in [0.05, 0.1) is 30.7 Å². The fourth-order valence-electron chi connectivity index (χ4n) is 2.77. The maximum Gasteiger partial charge on any atom is 0.417 e. The number of hydrogen-bond acceptors (Lipinski definition) is 6. The summed E-state index contributed by atoms with van der Waals surface area (Å²) in [6.07, 6.45) is 3.02. The molecule has 1 saturated heterocycles. The lowest BCUT2D eigenvalue weighted by Crippen LogP contribution is -2.54. The molecule has 1 atom stereocenters. The van der Waals surface area contributed by atoms with Crippen molar-refractivity contribution in [1.29, 1.82) is 0 Å². The van der Waals surface area contributed by atoms with E-state index in [-0.39, 0.29) is 19.1 Å². The van der Waals surface area contributed by atoms with E-state index in [2.05, 4.69) is 10.2 Å². The Bertz CT molecular complexity index is 783. The highest BCUT2D eigenvalue weighted by Crippen LogP contribution is 2.19. The second-order valence-corrected chi connectivity index (χ2v) is 7.11. The molecule has 0 bridgehead atoms. The molecule has 0 unspecified atom stereocenters. The summed E-state index contributed by atoms with van der Waals surface area (Å²) in [6.45, 7) is 5.46. The minimum atomic E-state index is -0.675. The first kappa shape index (κ1) is 18.1. The van der Waals surface area contributed by atoms with Crippen molar-refractivity contribution >= 4 is 12.0 Å². The number of ether oxygens (including phenoxy) is 2. The first-order valence-electron chi connectivity index (χ1n) is 8.42. The quantitative estimate of drug-likeness (QED) is 0.834. The van der Waals surface area contributed by atoms with Crippen LogP contribution in [0.4, 0.5) is 4.79 Å². The van der Waals surface area contributed by atoms with Crippen molar-refractivity contribution in [1.82, 2.24) is 19.9 Å². The third-order valence-electron chi connectivity index (χ3n) is 3.79. The van der Waals surface area contributed by atoms with Gasteiger partial charge in [0.15, 0.2) is 0 Å². The zero-order chi connectivity index (χ0) is 18.7. The highest BCUT2D eigenvalue weighted by Gasteiger charge is 2.36. The lowest BCUT2D eigenvalue weighted by Gasteiger charge is -2.35. The molecule has 0 radical (unpaired) electrons. The van der Waals surface area contributed by atoms with Gasteiger partial charge in [-0.2, -0.15) is 15.0 Å². The van der Waals surface area contributed by atoms with Crippen LogP contribution in [-0.4, -0.2) is 56.8 Å².